The van der Waals surface area contributed by atoms with Gasteiger partial charge in [-0.3, -0.25) is 4.79 Å². The molecule has 8 heteroatoms. The van der Waals surface area contributed by atoms with Gasteiger partial charge in [-0.25, -0.2) is 0 Å². The lowest BCUT2D eigenvalue weighted by atomic mass is 9.79. The van der Waals surface area contributed by atoms with Crippen LogP contribution in [0.15, 0.2) is 0 Å². The third-order valence-electron chi connectivity index (χ3n) is 4.96. The fourth-order valence-electron chi connectivity index (χ4n) is 3.90. The molecule has 0 aromatic rings. The Labute approximate surface area is 155 Å². The standard InChI is InChI=1S/C16H29N5OS2/c1-5-7-16(21-11-12(22)19-14(21)24)15(3,4)18-9-10-20(16)13(23)17-8-6-2/h18H,5-11H2,1-4H3,(H,17,23)(H,19,22,24). The molecule has 0 radical (unpaired) electrons. The minimum atomic E-state index is -0.478. The Kier molecular flexibility index (Phi) is 6.04. The molecule has 24 heavy (non-hydrogen) atoms. The van der Waals surface area contributed by atoms with Crippen molar-refractivity contribution in [2.24, 2.45) is 0 Å². The molecule has 2 heterocycles. The van der Waals surface area contributed by atoms with Gasteiger partial charge in [0.15, 0.2) is 10.2 Å². The molecule has 2 aliphatic rings. The van der Waals surface area contributed by atoms with Gasteiger partial charge in [0.05, 0.1) is 5.54 Å². The van der Waals surface area contributed by atoms with Gasteiger partial charge in [0.25, 0.3) is 0 Å². The molecule has 2 rings (SSSR count). The van der Waals surface area contributed by atoms with Crippen LogP contribution in [0.4, 0.5) is 0 Å². The lowest BCUT2D eigenvalue weighted by Gasteiger charge is -2.61. The minimum Gasteiger partial charge on any atom is -0.363 e. The Morgan fingerprint density at radius 3 is 2.58 bits per heavy atom. The van der Waals surface area contributed by atoms with Crippen molar-refractivity contribution in [3.8, 4) is 0 Å². The number of amides is 1. The lowest BCUT2D eigenvalue weighted by molar-refractivity contribution is -0.121. The van der Waals surface area contributed by atoms with Gasteiger partial charge in [-0.15, -0.1) is 0 Å². The summed E-state index contributed by atoms with van der Waals surface area (Å²) in [5, 5.41) is 11.0. The molecule has 6 nitrogen and oxygen atoms in total. The van der Waals surface area contributed by atoms with Gasteiger partial charge in [0, 0.05) is 19.6 Å². The molecule has 1 amide bonds. The molecular formula is C16H29N5OS2. The second kappa shape index (κ2) is 7.49. The van der Waals surface area contributed by atoms with Crippen molar-refractivity contribution in [2.45, 2.75) is 58.2 Å². The van der Waals surface area contributed by atoms with E-state index in [1.54, 1.807) is 0 Å². The highest BCUT2D eigenvalue weighted by atomic mass is 32.1. The molecule has 0 aromatic carbocycles. The molecule has 3 N–H and O–H groups in total. The second-order valence-corrected chi connectivity index (χ2v) is 7.71. The highest BCUT2D eigenvalue weighted by Gasteiger charge is 2.58. The van der Waals surface area contributed by atoms with Gasteiger partial charge in [0.2, 0.25) is 5.91 Å². The molecule has 136 valence electrons. The van der Waals surface area contributed by atoms with Gasteiger partial charge >= 0.3 is 0 Å². The Morgan fingerprint density at radius 1 is 1.33 bits per heavy atom. The molecule has 2 fully saturated rings. The zero-order valence-corrected chi connectivity index (χ0v) is 16.7. The summed E-state index contributed by atoms with van der Waals surface area (Å²) in [6.45, 7) is 11.4. The predicted molar refractivity (Wildman–Crippen MR) is 105 cm³/mol. The first-order valence-corrected chi connectivity index (χ1v) is 9.53. The van der Waals surface area contributed by atoms with Crippen LogP contribution in [0.25, 0.3) is 0 Å². The Balaban J connectivity index is 2.48. The highest BCUT2D eigenvalue weighted by Crippen LogP contribution is 2.40. The van der Waals surface area contributed by atoms with Crippen molar-refractivity contribution in [1.82, 2.24) is 25.8 Å². The average Bonchev–Trinajstić information content (AvgIpc) is 2.85. The van der Waals surface area contributed by atoms with Crippen molar-refractivity contribution in [1.29, 1.82) is 0 Å². The molecule has 0 aliphatic carbocycles. The summed E-state index contributed by atoms with van der Waals surface area (Å²) in [6, 6.07) is 0. The van der Waals surface area contributed by atoms with Crippen LogP contribution in [0.5, 0.6) is 0 Å². The van der Waals surface area contributed by atoms with E-state index in [4.69, 9.17) is 24.4 Å². The van der Waals surface area contributed by atoms with E-state index in [1.807, 2.05) is 4.90 Å². The fourth-order valence-corrected chi connectivity index (χ4v) is 4.57. The maximum absolute atomic E-state index is 12.0. The van der Waals surface area contributed by atoms with Crippen LogP contribution in [0.1, 0.15) is 47.0 Å². The number of thiocarbonyl (C=S) groups is 2. The Bertz CT molecular complexity index is 525. The molecule has 1 unspecified atom stereocenters. The number of carbonyl (C=O) groups is 1. The van der Waals surface area contributed by atoms with E-state index < -0.39 is 5.66 Å². The van der Waals surface area contributed by atoms with Gasteiger partial charge in [-0.2, -0.15) is 0 Å². The molecule has 2 aliphatic heterocycles. The SMILES string of the molecule is CCCNC(=S)N1CCNC(C)(C)C1(CCC)N1CC(=O)NC1=S. The molecular weight excluding hydrogens is 342 g/mol. The van der Waals surface area contributed by atoms with Crippen LogP contribution < -0.4 is 16.0 Å². The van der Waals surface area contributed by atoms with Crippen LogP contribution in [0.2, 0.25) is 0 Å². The van der Waals surface area contributed by atoms with E-state index in [0.717, 1.165) is 44.0 Å². The first kappa shape index (κ1) is 19.3. The first-order chi connectivity index (χ1) is 11.3. The minimum absolute atomic E-state index is 0.0516. The number of carbonyl (C=O) groups excluding carboxylic acids is 1. The number of hydrogen-bond acceptors (Lipinski definition) is 4. The highest BCUT2D eigenvalue weighted by molar-refractivity contribution is 7.80. The topological polar surface area (TPSA) is 59.6 Å². The van der Waals surface area contributed by atoms with Gasteiger partial charge in [0.1, 0.15) is 12.2 Å². The van der Waals surface area contributed by atoms with Crippen LogP contribution in [-0.2, 0) is 4.79 Å². The van der Waals surface area contributed by atoms with Crippen molar-refractivity contribution in [3.63, 3.8) is 0 Å². The summed E-state index contributed by atoms with van der Waals surface area (Å²) in [5.74, 6) is -0.0516. The Morgan fingerprint density at radius 2 is 2.04 bits per heavy atom. The van der Waals surface area contributed by atoms with Crippen LogP contribution in [-0.4, -0.2) is 63.3 Å². The summed E-state index contributed by atoms with van der Waals surface area (Å²) in [7, 11) is 0. The van der Waals surface area contributed by atoms with E-state index in [1.165, 1.54) is 0 Å². The normalized spacial score (nSPS) is 26.5. The van der Waals surface area contributed by atoms with E-state index >= 15 is 0 Å². The van der Waals surface area contributed by atoms with Gasteiger partial charge in [-0.1, -0.05) is 20.3 Å². The zero-order valence-electron chi connectivity index (χ0n) is 15.1. The van der Waals surface area contributed by atoms with E-state index in [-0.39, 0.29) is 18.0 Å². The maximum atomic E-state index is 12.0. The molecule has 1 atom stereocenters. The van der Waals surface area contributed by atoms with Gasteiger partial charge < -0.3 is 25.8 Å². The number of hydrogen-bond donors (Lipinski definition) is 3. The molecule has 2 saturated heterocycles. The van der Waals surface area contributed by atoms with Gasteiger partial charge in [-0.05, 0) is 51.1 Å². The van der Waals surface area contributed by atoms with Crippen molar-refractivity contribution >= 4 is 40.6 Å². The summed E-state index contributed by atoms with van der Waals surface area (Å²) < 4.78 is 0. The molecule has 0 spiro atoms. The maximum Gasteiger partial charge on any atom is 0.245 e. The second-order valence-electron chi connectivity index (χ2n) is 6.94. The zero-order chi connectivity index (χ0) is 18.0. The van der Waals surface area contributed by atoms with Crippen molar-refractivity contribution in [3.05, 3.63) is 0 Å². The van der Waals surface area contributed by atoms with Crippen LogP contribution in [0, 0.1) is 0 Å². The Hall–Kier alpha value is -0.990. The van der Waals surface area contributed by atoms with Crippen molar-refractivity contribution < 1.29 is 4.79 Å². The first-order valence-electron chi connectivity index (χ1n) is 8.72. The smallest absolute Gasteiger partial charge is 0.245 e. The summed E-state index contributed by atoms with van der Waals surface area (Å²) >= 11 is 11.2. The molecule has 0 bridgehead atoms. The summed E-state index contributed by atoms with van der Waals surface area (Å²) in [4.78, 5) is 16.3. The number of nitrogens with one attached hydrogen (secondary N) is 3. The largest absolute Gasteiger partial charge is 0.363 e. The lowest BCUT2D eigenvalue weighted by Crippen LogP contribution is -2.80. The predicted octanol–water partition coefficient (Wildman–Crippen LogP) is 1.17. The van der Waals surface area contributed by atoms with Crippen molar-refractivity contribution in [2.75, 3.05) is 26.2 Å². The molecule has 0 saturated carbocycles. The van der Waals surface area contributed by atoms with E-state index in [9.17, 15) is 4.79 Å². The third kappa shape index (κ3) is 3.23. The van der Waals surface area contributed by atoms with E-state index in [2.05, 4.69) is 48.5 Å². The number of nitrogens with zero attached hydrogens (tertiary/aromatic N) is 2. The monoisotopic (exact) mass is 371 g/mol. The van der Waals surface area contributed by atoms with Crippen LogP contribution in [0.3, 0.4) is 0 Å². The summed E-state index contributed by atoms with van der Waals surface area (Å²) in [6.07, 6.45) is 2.83. The number of piperazine rings is 1. The third-order valence-corrected chi connectivity index (χ3v) is 5.65. The fraction of sp³-hybridized carbons (Fsp3) is 0.812. The number of rotatable bonds is 5. The quantitative estimate of drug-likeness (QED) is 0.627. The van der Waals surface area contributed by atoms with E-state index in [0.29, 0.717) is 5.11 Å². The summed E-state index contributed by atoms with van der Waals surface area (Å²) in [5.41, 5.74) is -0.760. The average molecular weight is 372 g/mol. The van der Waals surface area contributed by atoms with Crippen LogP contribution >= 0.6 is 24.4 Å². The molecule has 0 aromatic heterocycles.